The van der Waals surface area contributed by atoms with Gasteiger partial charge in [0.2, 0.25) is 0 Å². The van der Waals surface area contributed by atoms with E-state index in [1.54, 1.807) is 30.3 Å². The molecule has 0 saturated heterocycles. The molecule has 0 bridgehead atoms. The number of anilines is 2. The first-order chi connectivity index (χ1) is 12.4. The average Bonchev–Trinajstić information content (AvgIpc) is 2.61. The van der Waals surface area contributed by atoms with Crippen molar-refractivity contribution in [1.29, 1.82) is 0 Å². The number of benzene rings is 2. The summed E-state index contributed by atoms with van der Waals surface area (Å²) in [7, 11) is 3.73. The van der Waals surface area contributed by atoms with E-state index < -0.39 is 17.0 Å². The number of nitrogens with zero attached hydrogens (tertiary/aromatic N) is 2. The van der Waals surface area contributed by atoms with Gasteiger partial charge in [0.15, 0.2) is 0 Å². The lowest BCUT2D eigenvalue weighted by Crippen LogP contribution is -2.32. The summed E-state index contributed by atoms with van der Waals surface area (Å²) in [6.07, 6.45) is 0. The Balaban J connectivity index is 2.24. The maximum atomic E-state index is 12.3. The number of likely N-dealkylation sites (N-methyl/N-ethyl adjacent to an activating group) is 1. The van der Waals surface area contributed by atoms with Crippen molar-refractivity contribution in [3.8, 4) is 0 Å². The highest BCUT2D eigenvalue weighted by Gasteiger charge is 2.17. The van der Waals surface area contributed by atoms with Gasteiger partial charge in [0.05, 0.1) is 16.9 Å². The first-order valence-corrected chi connectivity index (χ1v) is 7.98. The van der Waals surface area contributed by atoms with Crippen molar-refractivity contribution < 1.29 is 14.8 Å². The zero-order chi connectivity index (χ0) is 19.1. The lowest BCUT2D eigenvalue weighted by Gasteiger charge is -2.27. The second-order valence-electron chi connectivity index (χ2n) is 5.85. The number of carbonyl (C=O) groups is 2. The third-order valence-corrected chi connectivity index (χ3v) is 3.60. The Labute approximate surface area is 151 Å². The van der Waals surface area contributed by atoms with Gasteiger partial charge in [-0.1, -0.05) is 24.3 Å². The molecule has 8 heteroatoms. The fourth-order valence-electron chi connectivity index (χ4n) is 2.31. The Morgan fingerprint density at radius 3 is 2.35 bits per heavy atom. The molecule has 0 fully saturated rings. The lowest BCUT2D eigenvalue weighted by molar-refractivity contribution is 0.0948. The zero-order valence-electron chi connectivity index (χ0n) is 14.6. The number of para-hydroxylation sites is 1. The van der Waals surface area contributed by atoms with Crippen LogP contribution in [0, 0.1) is 5.21 Å². The van der Waals surface area contributed by atoms with Crippen molar-refractivity contribution >= 4 is 23.2 Å². The normalized spacial score (nSPS) is 10.5. The van der Waals surface area contributed by atoms with Gasteiger partial charge in [0.1, 0.15) is 0 Å². The number of carbonyl (C=O) groups excluding carboxylic acids is 2. The number of nitrogens with one attached hydrogen (secondary N) is 2. The SMILES string of the molecule is CN(C)CCNC(=O)c1cccc(NC(=O)c2ccccc2)c1N([O-])O. The molecule has 0 unspecified atom stereocenters. The molecule has 0 radical (unpaired) electrons. The summed E-state index contributed by atoms with van der Waals surface area (Å²) in [5.74, 6) is -0.980. The number of hydrogen-bond donors (Lipinski definition) is 3. The summed E-state index contributed by atoms with van der Waals surface area (Å²) in [6.45, 7) is 0.988. The van der Waals surface area contributed by atoms with Crippen molar-refractivity contribution in [2.45, 2.75) is 0 Å². The molecule has 0 atom stereocenters. The summed E-state index contributed by atoms with van der Waals surface area (Å²) in [6, 6.07) is 12.8. The van der Waals surface area contributed by atoms with Crippen LogP contribution in [-0.2, 0) is 0 Å². The molecule has 0 aromatic heterocycles. The fraction of sp³-hybridized carbons (Fsp3) is 0.222. The van der Waals surface area contributed by atoms with E-state index in [1.807, 2.05) is 19.0 Å². The fourth-order valence-corrected chi connectivity index (χ4v) is 2.31. The molecule has 3 N–H and O–H groups in total. The highest BCUT2D eigenvalue weighted by molar-refractivity contribution is 6.09. The maximum Gasteiger partial charge on any atom is 0.255 e. The van der Waals surface area contributed by atoms with Crippen LogP contribution >= 0.6 is 0 Å². The Bertz CT molecular complexity index is 763. The van der Waals surface area contributed by atoms with Crippen molar-refractivity contribution in [1.82, 2.24) is 10.2 Å². The summed E-state index contributed by atoms with van der Waals surface area (Å²) in [5, 5.41) is 25.9. The second-order valence-corrected chi connectivity index (χ2v) is 5.85. The molecule has 0 aliphatic carbocycles. The molecule has 2 rings (SSSR count). The van der Waals surface area contributed by atoms with E-state index in [9.17, 15) is 20.0 Å². The van der Waals surface area contributed by atoms with E-state index in [4.69, 9.17) is 0 Å². The highest BCUT2D eigenvalue weighted by Crippen LogP contribution is 2.29. The molecule has 8 nitrogen and oxygen atoms in total. The van der Waals surface area contributed by atoms with E-state index >= 15 is 0 Å². The van der Waals surface area contributed by atoms with Crippen molar-refractivity contribution in [3.63, 3.8) is 0 Å². The minimum absolute atomic E-state index is 0.0351. The first kappa shape index (κ1) is 19.4. The zero-order valence-corrected chi connectivity index (χ0v) is 14.6. The van der Waals surface area contributed by atoms with E-state index in [1.165, 1.54) is 18.2 Å². The monoisotopic (exact) mass is 357 g/mol. The minimum atomic E-state index is -0.521. The topological polar surface area (TPSA) is 108 Å². The van der Waals surface area contributed by atoms with Crippen LogP contribution in [0.1, 0.15) is 20.7 Å². The molecule has 2 amide bonds. The molecule has 138 valence electrons. The first-order valence-electron chi connectivity index (χ1n) is 7.98. The van der Waals surface area contributed by atoms with Gasteiger partial charge in [-0.15, -0.1) is 0 Å². The van der Waals surface area contributed by atoms with Gasteiger partial charge in [0.25, 0.3) is 11.8 Å². The molecule has 0 spiro atoms. The lowest BCUT2D eigenvalue weighted by atomic mass is 10.1. The van der Waals surface area contributed by atoms with Gasteiger partial charge in [0, 0.05) is 18.7 Å². The van der Waals surface area contributed by atoms with E-state index in [2.05, 4.69) is 10.6 Å². The maximum absolute atomic E-state index is 12.3. The van der Waals surface area contributed by atoms with Crippen LogP contribution < -0.4 is 15.9 Å². The predicted molar refractivity (Wildman–Crippen MR) is 99.4 cm³/mol. The highest BCUT2D eigenvalue weighted by atomic mass is 16.8. The van der Waals surface area contributed by atoms with Gasteiger partial charge >= 0.3 is 0 Å². The summed E-state index contributed by atoms with van der Waals surface area (Å²) in [4.78, 5) is 26.5. The molecule has 2 aromatic carbocycles. The summed E-state index contributed by atoms with van der Waals surface area (Å²) in [5.41, 5.74) is 0.0672. The van der Waals surface area contributed by atoms with Crippen molar-refractivity contribution in [2.75, 3.05) is 37.7 Å². The van der Waals surface area contributed by atoms with Gasteiger partial charge in [-0.2, -0.15) is 0 Å². The van der Waals surface area contributed by atoms with Crippen LogP contribution in [0.15, 0.2) is 48.5 Å². The molecule has 0 aliphatic heterocycles. The van der Waals surface area contributed by atoms with Crippen molar-refractivity contribution in [3.05, 3.63) is 64.9 Å². The second kappa shape index (κ2) is 8.95. The summed E-state index contributed by atoms with van der Waals surface area (Å²) < 4.78 is 0. The van der Waals surface area contributed by atoms with Crippen LogP contribution in [0.25, 0.3) is 0 Å². The van der Waals surface area contributed by atoms with Gasteiger partial charge in [-0.05, 0) is 38.4 Å². The van der Waals surface area contributed by atoms with Crippen molar-refractivity contribution in [2.24, 2.45) is 0 Å². The van der Waals surface area contributed by atoms with Crippen LogP contribution in [0.3, 0.4) is 0 Å². The van der Waals surface area contributed by atoms with E-state index in [-0.39, 0.29) is 16.9 Å². The molecular weight excluding hydrogens is 336 g/mol. The molecular formula is C18H21N4O4-. The van der Waals surface area contributed by atoms with E-state index in [0.29, 0.717) is 18.7 Å². The number of hydrogen-bond acceptors (Lipinski definition) is 6. The standard InChI is InChI=1S/C18H21N4O4/c1-21(2)12-11-19-18(24)14-9-6-10-15(16(14)22(25)26)20-17(23)13-7-4-3-5-8-13/h3-10,25H,11-12H2,1-2H3,(H,19,24)(H,20,23)/q-1. The summed E-state index contributed by atoms with van der Waals surface area (Å²) >= 11 is 0. The molecule has 0 heterocycles. The molecule has 0 saturated carbocycles. The third kappa shape index (κ3) is 5.03. The predicted octanol–water partition coefficient (Wildman–Crippen LogP) is 1.92. The van der Waals surface area contributed by atoms with Gasteiger partial charge in [-0.25, -0.2) is 0 Å². The largest absolute Gasteiger partial charge is 0.733 e. The average molecular weight is 357 g/mol. The Kier molecular flexibility index (Phi) is 6.67. The molecule has 26 heavy (non-hydrogen) atoms. The third-order valence-electron chi connectivity index (χ3n) is 3.60. The van der Waals surface area contributed by atoms with Crippen LogP contribution in [0.2, 0.25) is 0 Å². The minimum Gasteiger partial charge on any atom is -0.733 e. The smallest absolute Gasteiger partial charge is 0.255 e. The van der Waals surface area contributed by atoms with Crippen LogP contribution in [0.4, 0.5) is 11.4 Å². The quantitative estimate of drug-likeness (QED) is 0.654. The van der Waals surface area contributed by atoms with E-state index in [0.717, 1.165) is 0 Å². The van der Waals surface area contributed by atoms with Crippen LogP contribution in [0.5, 0.6) is 0 Å². The Hall–Kier alpha value is -2.94. The Morgan fingerprint density at radius 2 is 1.73 bits per heavy atom. The molecule has 0 aliphatic rings. The number of rotatable bonds is 7. The number of amides is 2. The Morgan fingerprint density at radius 1 is 1.04 bits per heavy atom. The van der Waals surface area contributed by atoms with Gasteiger partial charge < -0.3 is 26.0 Å². The van der Waals surface area contributed by atoms with Gasteiger partial charge in [-0.3, -0.25) is 14.8 Å². The van der Waals surface area contributed by atoms with Crippen LogP contribution in [-0.4, -0.2) is 49.1 Å². The molecule has 2 aromatic rings.